The van der Waals surface area contributed by atoms with Gasteiger partial charge in [0.15, 0.2) is 0 Å². The lowest BCUT2D eigenvalue weighted by atomic mass is 10.3. The third kappa shape index (κ3) is 4.34. The minimum absolute atomic E-state index is 0.117. The maximum Gasteiger partial charge on any atom is 0.350 e. The maximum atomic E-state index is 12.2. The van der Waals surface area contributed by atoms with E-state index in [0.717, 1.165) is 17.8 Å². The van der Waals surface area contributed by atoms with Crippen molar-refractivity contribution in [1.82, 2.24) is 24.9 Å². The SMILES string of the molecule is COc1nn(C(C)C(=O)NCCCn2nc(C)cc2C)cc1[N+](=O)[O-]. The second kappa shape index (κ2) is 7.77. The smallest absolute Gasteiger partial charge is 0.350 e. The van der Waals surface area contributed by atoms with Gasteiger partial charge in [0.25, 0.3) is 0 Å². The number of hydrogen-bond acceptors (Lipinski definition) is 6. The van der Waals surface area contributed by atoms with E-state index in [1.807, 2.05) is 24.6 Å². The monoisotopic (exact) mass is 350 g/mol. The minimum atomic E-state index is -0.684. The highest BCUT2D eigenvalue weighted by atomic mass is 16.6. The van der Waals surface area contributed by atoms with Gasteiger partial charge < -0.3 is 10.1 Å². The van der Waals surface area contributed by atoms with Crippen LogP contribution in [0.25, 0.3) is 0 Å². The highest BCUT2D eigenvalue weighted by Gasteiger charge is 2.24. The second-order valence-corrected chi connectivity index (χ2v) is 5.73. The van der Waals surface area contributed by atoms with Gasteiger partial charge in [-0.1, -0.05) is 0 Å². The van der Waals surface area contributed by atoms with Gasteiger partial charge in [0, 0.05) is 18.8 Å². The number of nitro groups is 1. The van der Waals surface area contributed by atoms with E-state index in [4.69, 9.17) is 4.74 Å². The average molecular weight is 350 g/mol. The lowest BCUT2D eigenvalue weighted by Crippen LogP contribution is -2.32. The number of rotatable bonds is 8. The molecule has 0 saturated heterocycles. The molecule has 0 bridgehead atoms. The average Bonchev–Trinajstić information content (AvgIpc) is 3.13. The first kappa shape index (κ1) is 18.4. The molecule has 1 N–H and O–H groups in total. The van der Waals surface area contributed by atoms with E-state index in [1.54, 1.807) is 6.92 Å². The highest BCUT2D eigenvalue weighted by molar-refractivity contribution is 5.79. The summed E-state index contributed by atoms with van der Waals surface area (Å²) < 4.78 is 7.99. The predicted molar refractivity (Wildman–Crippen MR) is 89.5 cm³/mol. The first-order valence-electron chi connectivity index (χ1n) is 7.89. The number of aromatic nitrogens is 4. The molecule has 0 saturated carbocycles. The van der Waals surface area contributed by atoms with Crippen molar-refractivity contribution in [3.8, 4) is 5.88 Å². The van der Waals surface area contributed by atoms with E-state index < -0.39 is 11.0 Å². The molecule has 1 unspecified atom stereocenters. The van der Waals surface area contributed by atoms with E-state index in [1.165, 1.54) is 18.0 Å². The van der Waals surface area contributed by atoms with Crippen LogP contribution in [0.1, 0.15) is 30.8 Å². The van der Waals surface area contributed by atoms with Crippen LogP contribution < -0.4 is 10.1 Å². The summed E-state index contributed by atoms with van der Waals surface area (Å²) in [5.41, 5.74) is 1.77. The van der Waals surface area contributed by atoms with Gasteiger partial charge in [0.1, 0.15) is 12.2 Å². The first-order chi connectivity index (χ1) is 11.8. The molecule has 0 aliphatic heterocycles. The fourth-order valence-electron chi connectivity index (χ4n) is 2.44. The van der Waals surface area contributed by atoms with Gasteiger partial charge in [-0.15, -0.1) is 5.10 Å². The van der Waals surface area contributed by atoms with Crippen LogP contribution in [0, 0.1) is 24.0 Å². The van der Waals surface area contributed by atoms with Gasteiger partial charge in [-0.3, -0.25) is 19.6 Å². The summed E-state index contributed by atoms with van der Waals surface area (Å²) in [5, 5.41) is 22.0. The summed E-state index contributed by atoms with van der Waals surface area (Å²) in [6.45, 7) is 6.72. The number of nitrogens with one attached hydrogen (secondary N) is 1. The molecule has 0 aromatic carbocycles. The van der Waals surface area contributed by atoms with Crippen LogP contribution in [0.2, 0.25) is 0 Å². The van der Waals surface area contributed by atoms with Crippen LogP contribution >= 0.6 is 0 Å². The fraction of sp³-hybridized carbons (Fsp3) is 0.533. The number of carbonyl (C=O) groups is 1. The molecule has 0 aliphatic rings. The standard InChI is InChI=1S/C15H22N6O4/c1-10-8-11(2)19(17-10)7-5-6-16-14(22)12(3)20-9-13(21(23)24)15(18-20)25-4/h8-9,12H,5-7H2,1-4H3,(H,16,22). The Kier molecular flexibility index (Phi) is 5.73. The summed E-state index contributed by atoms with van der Waals surface area (Å²) in [4.78, 5) is 22.5. The number of amides is 1. The number of carbonyl (C=O) groups excluding carboxylic acids is 1. The molecule has 10 nitrogen and oxygen atoms in total. The summed E-state index contributed by atoms with van der Waals surface area (Å²) in [6.07, 6.45) is 1.92. The van der Waals surface area contributed by atoms with Crippen LogP contribution in [0.5, 0.6) is 5.88 Å². The fourth-order valence-corrected chi connectivity index (χ4v) is 2.44. The van der Waals surface area contributed by atoms with Crippen LogP contribution in [-0.2, 0) is 11.3 Å². The molecule has 0 fully saturated rings. The molecule has 2 rings (SSSR count). The molecule has 2 aromatic heterocycles. The van der Waals surface area contributed by atoms with Crippen LogP contribution in [0.15, 0.2) is 12.3 Å². The molecular weight excluding hydrogens is 328 g/mol. The van der Waals surface area contributed by atoms with Gasteiger partial charge in [-0.25, -0.2) is 4.68 Å². The van der Waals surface area contributed by atoms with Crippen LogP contribution in [0.4, 0.5) is 5.69 Å². The zero-order valence-electron chi connectivity index (χ0n) is 14.7. The molecule has 0 aliphatic carbocycles. The van der Waals surface area contributed by atoms with Gasteiger partial charge >= 0.3 is 11.6 Å². The molecule has 10 heteroatoms. The van der Waals surface area contributed by atoms with E-state index in [2.05, 4.69) is 15.5 Å². The van der Waals surface area contributed by atoms with Gasteiger partial charge in [-0.2, -0.15) is 5.10 Å². The second-order valence-electron chi connectivity index (χ2n) is 5.73. The number of aryl methyl sites for hydroxylation is 3. The van der Waals surface area contributed by atoms with Gasteiger partial charge in [-0.05, 0) is 33.3 Å². The molecule has 0 radical (unpaired) electrons. The number of methoxy groups -OCH3 is 1. The van der Waals surface area contributed by atoms with E-state index >= 15 is 0 Å². The molecule has 2 heterocycles. The molecular formula is C15H22N6O4. The molecule has 0 spiro atoms. The van der Waals surface area contributed by atoms with E-state index in [9.17, 15) is 14.9 Å². The lowest BCUT2D eigenvalue weighted by molar-refractivity contribution is -0.385. The summed E-state index contributed by atoms with van der Waals surface area (Å²) in [5.74, 6) is -0.386. The Morgan fingerprint density at radius 2 is 2.16 bits per heavy atom. The Hall–Kier alpha value is -2.91. The Balaban J connectivity index is 1.88. The zero-order valence-corrected chi connectivity index (χ0v) is 14.7. The maximum absolute atomic E-state index is 12.2. The summed E-state index contributed by atoms with van der Waals surface area (Å²) >= 11 is 0. The summed E-state index contributed by atoms with van der Waals surface area (Å²) in [6, 6.07) is 1.31. The lowest BCUT2D eigenvalue weighted by Gasteiger charge is -2.12. The summed E-state index contributed by atoms with van der Waals surface area (Å²) in [7, 11) is 1.30. The molecule has 2 aromatic rings. The van der Waals surface area contributed by atoms with Gasteiger partial charge in [0.05, 0.1) is 17.7 Å². The van der Waals surface area contributed by atoms with Gasteiger partial charge in [0.2, 0.25) is 5.91 Å². The Morgan fingerprint density at radius 1 is 1.44 bits per heavy atom. The third-order valence-corrected chi connectivity index (χ3v) is 3.80. The molecule has 136 valence electrons. The topological polar surface area (TPSA) is 117 Å². The Morgan fingerprint density at radius 3 is 2.68 bits per heavy atom. The molecule has 25 heavy (non-hydrogen) atoms. The van der Waals surface area contributed by atoms with Crippen LogP contribution in [-0.4, -0.2) is 44.0 Å². The Bertz CT molecular complexity index is 766. The Labute approximate surface area is 144 Å². The highest BCUT2D eigenvalue weighted by Crippen LogP contribution is 2.25. The van der Waals surface area contributed by atoms with E-state index in [0.29, 0.717) is 13.1 Å². The minimum Gasteiger partial charge on any atom is -0.475 e. The molecule has 1 amide bonds. The van der Waals surface area contributed by atoms with Crippen LogP contribution in [0.3, 0.4) is 0 Å². The van der Waals surface area contributed by atoms with Crippen molar-refractivity contribution in [2.75, 3.05) is 13.7 Å². The predicted octanol–water partition coefficient (Wildman–Crippen LogP) is 1.38. The van der Waals surface area contributed by atoms with Crippen molar-refractivity contribution in [3.05, 3.63) is 33.8 Å². The number of nitrogens with zero attached hydrogens (tertiary/aromatic N) is 5. The number of hydrogen-bond donors (Lipinski definition) is 1. The van der Waals surface area contributed by atoms with Crippen molar-refractivity contribution in [1.29, 1.82) is 0 Å². The quantitative estimate of drug-likeness (QED) is 0.437. The number of ether oxygens (including phenoxy) is 1. The van der Waals surface area contributed by atoms with Crippen molar-refractivity contribution < 1.29 is 14.5 Å². The van der Waals surface area contributed by atoms with E-state index in [-0.39, 0.29) is 17.5 Å². The van der Waals surface area contributed by atoms with Crippen molar-refractivity contribution in [2.45, 2.75) is 39.8 Å². The third-order valence-electron chi connectivity index (χ3n) is 3.80. The largest absolute Gasteiger partial charge is 0.475 e. The first-order valence-corrected chi connectivity index (χ1v) is 7.89. The zero-order chi connectivity index (χ0) is 18.6. The van der Waals surface area contributed by atoms with Crippen molar-refractivity contribution in [3.63, 3.8) is 0 Å². The van der Waals surface area contributed by atoms with Crippen molar-refractivity contribution in [2.24, 2.45) is 0 Å². The molecule has 1 atom stereocenters. The van der Waals surface area contributed by atoms with Crippen molar-refractivity contribution >= 4 is 11.6 Å². The normalized spacial score (nSPS) is 12.0.